The Balaban J connectivity index is 2.22. The molecule has 98 valence electrons. The number of rotatable bonds is 2. The first-order chi connectivity index (χ1) is 8.42. The van der Waals surface area contributed by atoms with Gasteiger partial charge in [0.2, 0.25) is 0 Å². The van der Waals surface area contributed by atoms with Crippen LogP contribution < -0.4 is 0 Å². The monoisotopic (exact) mass is 266 g/mol. The first kappa shape index (κ1) is 13.6. The number of benzene rings is 1. The molecule has 1 fully saturated rings. The lowest BCUT2D eigenvalue weighted by atomic mass is 9.76. The van der Waals surface area contributed by atoms with Crippen molar-refractivity contribution in [3.8, 4) is 0 Å². The zero-order chi connectivity index (χ0) is 13.3. The van der Waals surface area contributed by atoms with Crippen LogP contribution in [0, 0.1) is 12.8 Å². The molecule has 2 rings (SSSR count). The summed E-state index contributed by atoms with van der Waals surface area (Å²) in [4.78, 5) is 12.4. The molecule has 0 aliphatic heterocycles. The maximum atomic E-state index is 12.4. The number of ketones is 1. The molecule has 0 spiro atoms. The van der Waals surface area contributed by atoms with Crippen LogP contribution in [0.1, 0.15) is 48.5 Å². The van der Waals surface area contributed by atoms with E-state index in [4.69, 9.17) is 11.6 Å². The van der Waals surface area contributed by atoms with Crippen LogP contribution in [0.3, 0.4) is 0 Å². The first-order valence-corrected chi connectivity index (χ1v) is 6.83. The molecule has 0 radical (unpaired) electrons. The van der Waals surface area contributed by atoms with Crippen LogP contribution in [0.25, 0.3) is 0 Å². The lowest BCUT2D eigenvalue weighted by Crippen LogP contribution is -2.41. The number of carbonyl (C=O) groups excluding carboxylic acids is 1. The van der Waals surface area contributed by atoms with E-state index in [1.165, 1.54) is 0 Å². The highest BCUT2D eigenvalue weighted by Gasteiger charge is 2.39. The van der Waals surface area contributed by atoms with Crippen molar-refractivity contribution in [2.75, 3.05) is 0 Å². The molecule has 0 heterocycles. The van der Waals surface area contributed by atoms with E-state index in [0.717, 1.165) is 18.4 Å². The van der Waals surface area contributed by atoms with Gasteiger partial charge in [-0.2, -0.15) is 0 Å². The summed E-state index contributed by atoms with van der Waals surface area (Å²) in [5.41, 5.74) is 0.269. The molecule has 1 N–H and O–H groups in total. The fourth-order valence-electron chi connectivity index (χ4n) is 2.47. The van der Waals surface area contributed by atoms with Gasteiger partial charge in [0.1, 0.15) is 5.60 Å². The number of aryl methyl sites for hydroxylation is 1. The molecular formula is C15H19ClO2. The zero-order valence-corrected chi connectivity index (χ0v) is 11.6. The second kappa shape index (κ2) is 5.02. The van der Waals surface area contributed by atoms with Gasteiger partial charge in [-0.3, -0.25) is 4.79 Å². The molecule has 1 aliphatic rings. The quantitative estimate of drug-likeness (QED) is 0.828. The SMILES string of the molecule is Cc1ccc(C(=O)C2(O)CCC(C)CC2)cc1Cl. The van der Waals surface area contributed by atoms with Crippen molar-refractivity contribution in [1.82, 2.24) is 0 Å². The Labute approximate surface area is 113 Å². The van der Waals surface area contributed by atoms with Gasteiger partial charge in [-0.1, -0.05) is 30.7 Å². The van der Waals surface area contributed by atoms with Gasteiger partial charge in [0.25, 0.3) is 0 Å². The largest absolute Gasteiger partial charge is 0.382 e. The zero-order valence-electron chi connectivity index (χ0n) is 10.9. The van der Waals surface area contributed by atoms with Crippen molar-refractivity contribution in [3.05, 3.63) is 34.3 Å². The average Bonchev–Trinajstić information content (AvgIpc) is 2.36. The van der Waals surface area contributed by atoms with Gasteiger partial charge >= 0.3 is 0 Å². The molecule has 0 aromatic heterocycles. The highest BCUT2D eigenvalue weighted by Crippen LogP contribution is 2.34. The van der Waals surface area contributed by atoms with Crippen LogP contribution in [0.4, 0.5) is 0 Å². The molecule has 0 amide bonds. The van der Waals surface area contributed by atoms with Crippen LogP contribution in [0.2, 0.25) is 5.02 Å². The predicted molar refractivity (Wildman–Crippen MR) is 73.1 cm³/mol. The Morgan fingerprint density at radius 2 is 2.00 bits per heavy atom. The second-order valence-corrected chi connectivity index (χ2v) is 5.91. The maximum absolute atomic E-state index is 12.4. The summed E-state index contributed by atoms with van der Waals surface area (Å²) in [5.74, 6) is 0.413. The highest BCUT2D eigenvalue weighted by atomic mass is 35.5. The van der Waals surface area contributed by atoms with Crippen molar-refractivity contribution in [1.29, 1.82) is 0 Å². The van der Waals surface area contributed by atoms with E-state index in [2.05, 4.69) is 6.92 Å². The van der Waals surface area contributed by atoms with Gasteiger partial charge in [-0.15, -0.1) is 0 Å². The Morgan fingerprint density at radius 3 is 2.56 bits per heavy atom. The maximum Gasteiger partial charge on any atom is 0.194 e. The predicted octanol–water partition coefficient (Wildman–Crippen LogP) is 3.77. The molecule has 1 saturated carbocycles. The van der Waals surface area contributed by atoms with Crippen LogP contribution in [0.5, 0.6) is 0 Å². The van der Waals surface area contributed by atoms with Crippen LogP contribution >= 0.6 is 11.6 Å². The van der Waals surface area contributed by atoms with E-state index >= 15 is 0 Å². The molecule has 1 aliphatic carbocycles. The van der Waals surface area contributed by atoms with E-state index in [9.17, 15) is 9.90 Å². The third-order valence-corrected chi connectivity index (χ3v) is 4.37. The number of halogens is 1. The lowest BCUT2D eigenvalue weighted by Gasteiger charge is -2.33. The number of Topliss-reactive ketones (excluding diaryl/α,β-unsaturated/α-hetero) is 1. The Morgan fingerprint density at radius 1 is 1.39 bits per heavy atom. The smallest absolute Gasteiger partial charge is 0.194 e. The van der Waals surface area contributed by atoms with Gasteiger partial charge in [-0.05, 0) is 50.2 Å². The minimum atomic E-state index is -1.19. The molecular weight excluding hydrogens is 248 g/mol. The van der Waals surface area contributed by atoms with Gasteiger partial charge in [0, 0.05) is 10.6 Å². The van der Waals surface area contributed by atoms with Gasteiger partial charge in [0.05, 0.1) is 0 Å². The van der Waals surface area contributed by atoms with Crippen molar-refractivity contribution >= 4 is 17.4 Å². The summed E-state index contributed by atoms with van der Waals surface area (Å²) in [7, 11) is 0. The third-order valence-electron chi connectivity index (χ3n) is 3.96. The summed E-state index contributed by atoms with van der Waals surface area (Å²) >= 11 is 6.03. The fraction of sp³-hybridized carbons (Fsp3) is 0.533. The minimum Gasteiger partial charge on any atom is -0.382 e. The van der Waals surface area contributed by atoms with Crippen molar-refractivity contribution in [3.63, 3.8) is 0 Å². The van der Waals surface area contributed by atoms with Crippen molar-refractivity contribution in [2.24, 2.45) is 5.92 Å². The topological polar surface area (TPSA) is 37.3 Å². The number of aliphatic hydroxyl groups is 1. The standard InChI is InChI=1S/C15H19ClO2/c1-10-5-7-15(18,8-6-10)14(17)12-4-3-11(2)13(16)9-12/h3-4,9-10,18H,5-8H2,1-2H3. The molecule has 0 atom stereocenters. The van der Waals surface area contributed by atoms with Gasteiger partial charge in [-0.25, -0.2) is 0 Å². The van der Waals surface area contributed by atoms with Crippen molar-refractivity contribution < 1.29 is 9.90 Å². The molecule has 2 nitrogen and oxygen atoms in total. The van der Waals surface area contributed by atoms with E-state index < -0.39 is 5.60 Å². The molecule has 0 bridgehead atoms. The third kappa shape index (κ3) is 2.60. The van der Waals surface area contributed by atoms with Gasteiger partial charge < -0.3 is 5.11 Å². The number of hydrogen-bond donors (Lipinski definition) is 1. The molecule has 1 aromatic rings. The number of hydrogen-bond acceptors (Lipinski definition) is 2. The molecule has 18 heavy (non-hydrogen) atoms. The summed E-state index contributed by atoms with van der Waals surface area (Å²) in [6.07, 6.45) is 2.92. The van der Waals surface area contributed by atoms with E-state index in [1.807, 2.05) is 13.0 Å². The normalized spacial score (nSPS) is 28.1. The summed E-state index contributed by atoms with van der Waals surface area (Å²) in [6, 6.07) is 5.24. The Bertz CT molecular complexity index is 460. The van der Waals surface area contributed by atoms with E-state index in [-0.39, 0.29) is 5.78 Å². The fourth-order valence-corrected chi connectivity index (χ4v) is 2.65. The minimum absolute atomic E-state index is 0.184. The molecule has 0 saturated heterocycles. The summed E-state index contributed by atoms with van der Waals surface area (Å²) in [6.45, 7) is 4.06. The highest BCUT2D eigenvalue weighted by molar-refractivity contribution is 6.31. The molecule has 0 unspecified atom stereocenters. The molecule has 1 aromatic carbocycles. The van der Waals surface area contributed by atoms with Crippen molar-refractivity contribution in [2.45, 2.75) is 45.1 Å². The average molecular weight is 267 g/mol. The van der Waals surface area contributed by atoms with E-state index in [1.54, 1.807) is 12.1 Å². The number of carbonyl (C=O) groups is 1. The van der Waals surface area contributed by atoms with Crippen LogP contribution in [-0.2, 0) is 0 Å². The van der Waals surface area contributed by atoms with Crippen LogP contribution in [0.15, 0.2) is 18.2 Å². The lowest BCUT2D eigenvalue weighted by molar-refractivity contribution is 0.00426. The van der Waals surface area contributed by atoms with Crippen LogP contribution in [-0.4, -0.2) is 16.5 Å². The van der Waals surface area contributed by atoms with Gasteiger partial charge in [0.15, 0.2) is 5.78 Å². The Hall–Kier alpha value is -0.860. The Kier molecular flexibility index (Phi) is 3.79. The molecule has 3 heteroatoms. The summed E-state index contributed by atoms with van der Waals surface area (Å²) < 4.78 is 0. The summed E-state index contributed by atoms with van der Waals surface area (Å²) in [5, 5.41) is 11.1. The van der Waals surface area contributed by atoms with E-state index in [0.29, 0.717) is 29.3 Å². The first-order valence-electron chi connectivity index (χ1n) is 6.46. The second-order valence-electron chi connectivity index (χ2n) is 5.51.